The van der Waals surface area contributed by atoms with Crippen LogP contribution in [0.15, 0.2) is 36.4 Å². The maximum atomic E-state index is 14.2. The molecule has 1 heterocycles. The van der Waals surface area contributed by atoms with Gasteiger partial charge in [-0.2, -0.15) is 0 Å². The van der Waals surface area contributed by atoms with Crippen molar-refractivity contribution in [3.05, 3.63) is 59.2 Å². The molecule has 2 nitrogen and oxygen atoms in total. The van der Waals surface area contributed by atoms with Crippen molar-refractivity contribution in [1.29, 1.82) is 0 Å². The van der Waals surface area contributed by atoms with Crippen molar-refractivity contribution < 1.29 is 18.3 Å². The van der Waals surface area contributed by atoms with Crippen molar-refractivity contribution in [1.82, 2.24) is 0 Å². The standard InChI is InChI=1S/C22H24F2O2/c1-14-2-11-20(22(24)21(14)23)17-5-3-15(4-6-17)16-7-9-18(10-8-16)25-12-19-13-26-19/h2-6,11,16,18-19H,7-10,12-13H2,1H3. The molecule has 1 unspecified atom stereocenters. The van der Waals surface area contributed by atoms with E-state index in [-0.39, 0.29) is 0 Å². The fraction of sp³-hybridized carbons (Fsp3) is 0.455. The lowest BCUT2D eigenvalue weighted by atomic mass is 9.82. The number of hydrogen-bond acceptors (Lipinski definition) is 2. The Morgan fingerprint density at radius 3 is 2.31 bits per heavy atom. The van der Waals surface area contributed by atoms with Gasteiger partial charge in [0.2, 0.25) is 0 Å². The molecular formula is C22H24F2O2. The highest BCUT2D eigenvalue weighted by atomic mass is 19.2. The van der Waals surface area contributed by atoms with Crippen molar-refractivity contribution in [2.45, 2.75) is 50.7 Å². The Morgan fingerprint density at radius 2 is 1.65 bits per heavy atom. The van der Waals surface area contributed by atoms with Gasteiger partial charge >= 0.3 is 0 Å². The van der Waals surface area contributed by atoms with Gasteiger partial charge < -0.3 is 9.47 Å². The van der Waals surface area contributed by atoms with Crippen LogP contribution in [0.4, 0.5) is 8.78 Å². The van der Waals surface area contributed by atoms with Crippen LogP contribution in [0.2, 0.25) is 0 Å². The van der Waals surface area contributed by atoms with E-state index in [9.17, 15) is 8.78 Å². The Balaban J connectivity index is 1.39. The second-order valence-electron chi connectivity index (χ2n) is 7.44. The summed E-state index contributed by atoms with van der Waals surface area (Å²) in [5.74, 6) is -1.02. The van der Waals surface area contributed by atoms with Gasteiger partial charge in [-0.1, -0.05) is 36.4 Å². The van der Waals surface area contributed by atoms with Crippen molar-refractivity contribution >= 4 is 0 Å². The molecule has 2 aromatic carbocycles. The van der Waals surface area contributed by atoms with E-state index in [4.69, 9.17) is 9.47 Å². The van der Waals surface area contributed by atoms with Crippen molar-refractivity contribution in [2.24, 2.45) is 0 Å². The third kappa shape index (κ3) is 3.81. The molecule has 0 spiro atoms. The molecule has 2 aliphatic rings. The Kier molecular flexibility index (Phi) is 5.05. The van der Waals surface area contributed by atoms with Crippen LogP contribution < -0.4 is 0 Å². The third-order valence-corrected chi connectivity index (χ3v) is 5.56. The van der Waals surface area contributed by atoms with Crippen LogP contribution in [0.5, 0.6) is 0 Å². The molecule has 4 rings (SSSR count). The number of benzene rings is 2. The average Bonchev–Trinajstić information content (AvgIpc) is 3.50. The topological polar surface area (TPSA) is 21.8 Å². The van der Waals surface area contributed by atoms with Crippen molar-refractivity contribution in [3.8, 4) is 11.1 Å². The highest BCUT2D eigenvalue weighted by molar-refractivity contribution is 5.65. The molecule has 0 aromatic heterocycles. The van der Waals surface area contributed by atoms with Gasteiger partial charge in [0.05, 0.1) is 19.3 Å². The first kappa shape index (κ1) is 17.6. The van der Waals surface area contributed by atoms with Gasteiger partial charge in [0, 0.05) is 5.56 Å². The molecule has 2 fully saturated rings. The summed E-state index contributed by atoms with van der Waals surface area (Å²) in [6.45, 7) is 3.14. The van der Waals surface area contributed by atoms with E-state index >= 15 is 0 Å². The van der Waals surface area contributed by atoms with Crippen LogP contribution in [0.1, 0.15) is 42.7 Å². The SMILES string of the molecule is Cc1ccc(-c2ccc(C3CCC(OCC4CO4)CC3)cc2)c(F)c1F. The lowest BCUT2D eigenvalue weighted by Crippen LogP contribution is -2.22. The minimum absolute atomic E-state index is 0.319. The highest BCUT2D eigenvalue weighted by Gasteiger charge is 2.27. The van der Waals surface area contributed by atoms with Gasteiger partial charge in [0.15, 0.2) is 11.6 Å². The largest absolute Gasteiger partial charge is 0.375 e. The summed E-state index contributed by atoms with van der Waals surface area (Å²) < 4.78 is 39.1. The highest BCUT2D eigenvalue weighted by Crippen LogP contribution is 2.35. The van der Waals surface area contributed by atoms with Crippen LogP contribution >= 0.6 is 0 Å². The van der Waals surface area contributed by atoms with E-state index in [0.29, 0.717) is 34.8 Å². The Labute approximate surface area is 153 Å². The Morgan fingerprint density at radius 1 is 0.962 bits per heavy atom. The molecule has 1 atom stereocenters. The Hall–Kier alpha value is -1.78. The smallest absolute Gasteiger partial charge is 0.166 e. The summed E-state index contributed by atoms with van der Waals surface area (Å²) in [4.78, 5) is 0. The first-order chi connectivity index (χ1) is 12.6. The van der Waals surface area contributed by atoms with Crippen molar-refractivity contribution in [3.63, 3.8) is 0 Å². The summed E-state index contributed by atoms with van der Waals surface area (Å²) in [5, 5.41) is 0. The normalized spacial score (nSPS) is 25.3. The molecule has 0 bridgehead atoms. The monoisotopic (exact) mass is 358 g/mol. The van der Waals surface area contributed by atoms with Crippen LogP contribution in [0.3, 0.4) is 0 Å². The van der Waals surface area contributed by atoms with E-state index in [1.807, 2.05) is 12.1 Å². The molecule has 4 heteroatoms. The molecule has 0 radical (unpaired) electrons. The van der Waals surface area contributed by atoms with Gasteiger partial charge in [-0.25, -0.2) is 8.78 Å². The first-order valence-electron chi connectivity index (χ1n) is 9.40. The van der Waals surface area contributed by atoms with E-state index in [1.54, 1.807) is 19.1 Å². The molecule has 1 aliphatic heterocycles. The molecule has 26 heavy (non-hydrogen) atoms. The number of rotatable bonds is 5. The number of epoxide rings is 1. The summed E-state index contributed by atoms with van der Waals surface area (Å²) >= 11 is 0. The number of halogens is 2. The first-order valence-corrected chi connectivity index (χ1v) is 9.40. The molecule has 2 aromatic rings. The molecule has 138 valence electrons. The maximum absolute atomic E-state index is 14.2. The minimum Gasteiger partial charge on any atom is -0.375 e. The predicted molar refractivity (Wildman–Crippen MR) is 97.2 cm³/mol. The second-order valence-corrected chi connectivity index (χ2v) is 7.44. The number of ether oxygens (including phenoxy) is 2. The minimum atomic E-state index is -0.768. The van der Waals surface area contributed by atoms with E-state index in [0.717, 1.165) is 38.9 Å². The summed E-state index contributed by atoms with van der Waals surface area (Å²) in [7, 11) is 0. The van der Waals surface area contributed by atoms with Gasteiger partial charge in [0.25, 0.3) is 0 Å². The fourth-order valence-electron chi connectivity index (χ4n) is 3.77. The molecule has 1 saturated carbocycles. The van der Waals surface area contributed by atoms with Crippen LogP contribution in [0, 0.1) is 18.6 Å². The quantitative estimate of drug-likeness (QED) is 0.669. The fourth-order valence-corrected chi connectivity index (χ4v) is 3.77. The van der Waals surface area contributed by atoms with Gasteiger partial charge in [-0.15, -0.1) is 0 Å². The van der Waals surface area contributed by atoms with Crippen molar-refractivity contribution in [2.75, 3.05) is 13.2 Å². The average molecular weight is 358 g/mol. The van der Waals surface area contributed by atoms with Crippen LogP contribution in [-0.2, 0) is 9.47 Å². The molecule has 1 saturated heterocycles. The molecular weight excluding hydrogens is 334 g/mol. The second kappa shape index (κ2) is 7.45. The number of hydrogen-bond donors (Lipinski definition) is 0. The number of aryl methyl sites for hydroxylation is 1. The van der Waals surface area contributed by atoms with Gasteiger partial charge in [-0.3, -0.25) is 0 Å². The lowest BCUT2D eigenvalue weighted by molar-refractivity contribution is 0.0165. The lowest BCUT2D eigenvalue weighted by Gasteiger charge is -2.28. The van der Waals surface area contributed by atoms with E-state index in [2.05, 4.69) is 12.1 Å². The van der Waals surface area contributed by atoms with Crippen LogP contribution in [-0.4, -0.2) is 25.4 Å². The summed E-state index contributed by atoms with van der Waals surface area (Å²) in [6.07, 6.45) is 5.01. The predicted octanol–water partition coefficient (Wildman–Crippen LogP) is 5.38. The molecule has 0 N–H and O–H groups in total. The van der Waals surface area contributed by atoms with Gasteiger partial charge in [0.1, 0.15) is 6.10 Å². The summed E-state index contributed by atoms with van der Waals surface area (Å²) in [6, 6.07) is 11.2. The van der Waals surface area contributed by atoms with Gasteiger partial charge in [-0.05, 0) is 55.2 Å². The zero-order chi connectivity index (χ0) is 18.1. The van der Waals surface area contributed by atoms with E-state index < -0.39 is 11.6 Å². The maximum Gasteiger partial charge on any atom is 0.166 e. The van der Waals surface area contributed by atoms with E-state index in [1.165, 1.54) is 5.56 Å². The Bertz CT molecular complexity index is 760. The van der Waals surface area contributed by atoms with Crippen LogP contribution in [0.25, 0.3) is 11.1 Å². The molecule has 0 amide bonds. The third-order valence-electron chi connectivity index (χ3n) is 5.56. The summed E-state index contributed by atoms with van der Waals surface area (Å²) in [5.41, 5.74) is 2.63. The molecule has 1 aliphatic carbocycles. The zero-order valence-electron chi connectivity index (χ0n) is 15.0. The zero-order valence-corrected chi connectivity index (χ0v) is 15.0.